The predicted molar refractivity (Wildman–Crippen MR) is 258 cm³/mol. The van der Waals surface area contributed by atoms with Gasteiger partial charge in [0.05, 0.1) is 41.7 Å². The van der Waals surface area contributed by atoms with Crippen molar-refractivity contribution in [2.75, 3.05) is 55.9 Å². The second kappa shape index (κ2) is 18.9. The predicted octanol–water partition coefficient (Wildman–Crippen LogP) is 13.7. The molecule has 350 valence electrons. The summed E-state index contributed by atoms with van der Waals surface area (Å²) in [5.74, 6) is 2.80. The van der Waals surface area contributed by atoms with Crippen molar-refractivity contribution in [3.8, 4) is 23.0 Å². The lowest BCUT2D eigenvalue weighted by Gasteiger charge is -2.23. The fourth-order valence-corrected chi connectivity index (χ4v) is 9.87. The van der Waals surface area contributed by atoms with Gasteiger partial charge in [-0.3, -0.25) is 9.05 Å². The Labute approximate surface area is 380 Å². The molecule has 2 heterocycles. The Hall–Kier alpha value is -4.28. The summed E-state index contributed by atoms with van der Waals surface area (Å²) in [5, 5.41) is 3.27. The van der Waals surface area contributed by atoms with E-state index in [0.29, 0.717) is 45.3 Å². The Kier molecular flexibility index (Phi) is 14.5. The van der Waals surface area contributed by atoms with E-state index in [1.165, 1.54) is 0 Å². The fraction of sp³-hybridized carbons (Fsp3) is 0.520. The monoisotopic (exact) mass is 922 g/mol. The number of fused-ring (bicyclic) bond motifs is 6. The highest BCUT2D eigenvalue weighted by molar-refractivity contribution is 7.32. The molecule has 0 aliphatic carbocycles. The highest BCUT2D eigenvalue weighted by Gasteiger charge is 2.30. The molecule has 14 heteroatoms. The quantitative estimate of drug-likeness (QED) is 0.109. The van der Waals surface area contributed by atoms with Crippen LogP contribution in [-0.4, -0.2) is 68.1 Å². The molecular weight excluding hydrogens is 854 g/mol. The lowest BCUT2D eigenvalue weighted by molar-refractivity contribution is -0.0619. The van der Waals surface area contributed by atoms with Crippen LogP contribution in [0.3, 0.4) is 0 Å². The zero-order valence-corrected chi connectivity index (χ0v) is 42.8. The lowest BCUT2D eigenvalue weighted by Crippen LogP contribution is -2.39. The Morgan fingerprint density at radius 3 is 0.766 bits per heavy atom. The summed E-state index contributed by atoms with van der Waals surface area (Å²) in [6.07, 6.45) is -1.24. The summed E-state index contributed by atoms with van der Waals surface area (Å²) in [6, 6.07) is 16.0. The topological polar surface area (TPSA) is 126 Å². The first kappa shape index (κ1) is 49.2. The molecule has 0 aliphatic heterocycles. The highest BCUT2D eigenvalue weighted by atomic mass is 31.1. The third-order valence-corrected chi connectivity index (χ3v) is 13.4. The van der Waals surface area contributed by atoms with Crippen LogP contribution in [0.1, 0.15) is 105 Å². The summed E-state index contributed by atoms with van der Waals surface area (Å²) < 4.78 is 76.1. The van der Waals surface area contributed by atoms with E-state index in [4.69, 9.17) is 54.3 Å². The second-order valence-electron chi connectivity index (χ2n) is 20.2. The SMILES string of the molecule is COc1cc(C(C)(C)C)c2op(OC[C@H](OC)[C@H](COp3oc4c(C(C)(C)C)cc(OC)cc4c4cc(OC)cc(C(C)(C)C)c4o3)OC)oc3c(C(C)(C)C)cc(OC)cc3c2c1. The van der Waals surface area contributed by atoms with Gasteiger partial charge in [0.15, 0.2) is 0 Å². The molecule has 0 N–H and O–H groups in total. The molecule has 0 amide bonds. The number of methoxy groups -OCH3 is 6. The molecule has 0 unspecified atom stereocenters. The van der Waals surface area contributed by atoms with Gasteiger partial charge in [0.1, 0.15) is 57.5 Å². The average Bonchev–Trinajstić information content (AvgIpc) is 3.48. The Bertz CT molecular complexity index is 2350. The molecule has 0 fully saturated rings. The first-order valence-corrected chi connectivity index (χ1v) is 23.7. The van der Waals surface area contributed by atoms with E-state index in [0.717, 1.165) is 43.8 Å². The number of benzene rings is 4. The molecular formula is C50H68O12P2. The van der Waals surface area contributed by atoms with Crippen molar-refractivity contribution < 1.29 is 54.3 Å². The zero-order chi connectivity index (χ0) is 47.1. The van der Waals surface area contributed by atoms with E-state index < -0.39 is 28.7 Å². The molecule has 12 nitrogen and oxygen atoms in total. The van der Waals surface area contributed by atoms with Crippen molar-refractivity contribution in [1.29, 1.82) is 0 Å². The van der Waals surface area contributed by atoms with Crippen LogP contribution < -0.4 is 28.0 Å². The van der Waals surface area contributed by atoms with Gasteiger partial charge >= 0.3 is 16.5 Å². The van der Waals surface area contributed by atoms with Crippen LogP contribution in [0.2, 0.25) is 0 Å². The minimum Gasteiger partial charge on any atom is -0.497 e. The van der Waals surface area contributed by atoms with Crippen LogP contribution in [0, 0.1) is 0 Å². The maximum atomic E-state index is 6.83. The fourth-order valence-electron chi connectivity index (χ4n) is 7.67. The van der Waals surface area contributed by atoms with Crippen molar-refractivity contribution in [3.63, 3.8) is 0 Å². The summed E-state index contributed by atoms with van der Waals surface area (Å²) >= 11 is 0. The highest BCUT2D eigenvalue weighted by Crippen LogP contribution is 2.47. The largest absolute Gasteiger partial charge is 0.497 e. The Morgan fingerprint density at radius 2 is 0.594 bits per heavy atom. The smallest absolute Gasteiger partial charge is 0.387 e. The van der Waals surface area contributed by atoms with Gasteiger partial charge in [-0.2, -0.15) is 0 Å². The van der Waals surface area contributed by atoms with Gasteiger partial charge in [-0.15, -0.1) is 0 Å². The van der Waals surface area contributed by atoms with Gasteiger partial charge in [-0.05, 0) is 70.2 Å². The van der Waals surface area contributed by atoms with Gasteiger partial charge in [-0.25, -0.2) is 0 Å². The first-order chi connectivity index (χ1) is 29.9. The number of ether oxygens (including phenoxy) is 6. The van der Waals surface area contributed by atoms with Gasteiger partial charge in [0.2, 0.25) is 0 Å². The van der Waals surface area contributed by atoms with E-state index in [2.05, 4.69) is 83.1 Å². The van der Waals surface area contributed by atoms with Crippen molar-refractivity contribution >= 4 is 60.4 Å². The molecule has 2 atom stereocenters. The van der Waals surface area contributed by atoms with Crippen molar-refractivity contribution in [2.45, 2.75) is 117 Å². The van der Waals surface area contributed by atoms with Crippen molar-refractivity contribution in [1.82, 2.24) is 0 Å². The standard InChI is InChI=1S/C50H68O12P2/c1-47(2,3)37-23-29(51-13)19-33-34-20-30(52-14)24-38(48(4,5)6)44(34)60-63(59-43(33)37)57-27-41(55-17)42(56-18)28-58-64-61-45-35(21-31(53-15)25-39(45)49(7,8)9)36-22-32(54-16)26-40(46(36)62-64)50(10,11)12/h19-26,41-42H,27-28H2,1-18H3/t41-,42-/m0/s1. The van der Waals surface area contributed by atoms with Crippen LogP contribution in [0.15, 0.2) is 65.3 Å². The number of hydrogen-bond acceptors (Lipinski definition) is 12. The summed E-state index contributed by atoms with van der Waals surface area (Å²) in [5.41, 5.74) is 5.06. The molecule has 0 aliphatic rings. The molecule has 4 aromatic carbocycles. The summed E-state index contributed by atoms with van der Waals surface area (Å²) in [7, 11) is 5.82. The lowest BCUT2D eigenvalue weighted by atomic mass is 9.84. The third kappa shape index (κ3) is 10.4. The Morgan fingerprint density at radius 1 is 0.375 bits per heavy atom. The average molecular weight is 923 g/mol. The molecule has 0 bridgehead atoms. The maximum Gasteiger partial charge on any atom is 0.387 e. The molecule has 0 saturated heterocycles. The molecule has 2 aromatic heterocycles. The van der Waals surface area contributed by atoms with Gasteiger partial charge in [-0.1, -0.05) is 83.1 Å². The normalized spacial score (nSPS) is 13.7. The van der Waals surface area contributed by atoms with E-state index >= 15 is 0 Å². The first-order valence-electron chi connectivity index (χ1n) is 21.5. The molecule has 6 rings (SSSR count). The zero-order valence-electron chi connectivity index (χ0n) is 41.0. The minimum absolute atomic E-state index is 0.0456. The summed E-state index contributed by atoms with van der Waals surface area (Å²) in [4.78, 5) is 0. The van der Waals surface area contributed by atoms with Gasteiger partial charge in [0, 0.05) is 58.0 Å². The van der Waals surface area contributed by atoms with Crippen molar-refractivity contribution in [2.24, 2.45) is 0 Å². The van der Waals surface area contributed by atoms with Crippen LogP contribution >= 0.6 is 16.5 Å². The second-order valence-corrected chi connectivity index (χ2v) is 22.3. The maximum absolute atomic E-state index is 6.83. The summed E-state index contributed by atoms with van der Waals surface area (Å²) in [6.45, 7) is 25.8. The molecule has 6 aromatic rings. The third-order valence-electron chi connectivity index (χ3n) is 11.4. The Balaban J connectivity index is 1.46. The number of rotatable bonds is 13. The van der Waals surface area contributed by atoms with Gasteiger partial charge < -0.3 is 45.2 Å². The van der Waals surface area contributed by atoms with Crippen LogP contribution in [0.4, 0.5) is 0 Å². The van der Waals surface area contributed by atoms with E-state index in [1.807, 2.05) is 48.5 Å². The van der Waals surface area contributed by atoms with E-state index in [-0.39, 0.29) is 34.9 Å². The molecule has 0 radical (unpaired) electrons. The minimum atomic E-state index is -2.04. The molecule has 0 spiro atoms. The van der Waals surface area contributed by atoms with Crippen LogP contribution in [-0.2, 0) is 31.1 Å². The molecule has 64 heavy (non-hydrogen) atoms. The molecule has 0 saturated carbocycles. The number of hydrogen-bond donors (Lipinski definition) is 0. The van der Waals surface area contributed by atoms with E-state index in [1.54, 1.807) is 42.7 Å². The van der Waals surface area contributed by atoms with Crippen LogP contribution in [0.25, 0.3) is 43.9 Å². The van der Waals surface area contributed by atoms with Crippen molar-refractivity contribution in [3.05, 3.63) is 70.8 Å². The van der Waals surface area contributed by atoms with E-state index in [9.17, 15) is 0 Å². The van der Waals surface area contributed by atoms with Gasteiger partial charge in [0.25, 0.3) is 0 Å². The van der Waals surface area contributed by atoms with Crippen LogP contribution in [0.5, 0.6) is 23.0 Å².